The Hall–Kier alpha value is -3.41. The second kappa shape index (κ2) is 6.54. The monoisotopic (exact) mass is 412 g/mol. The third-order valence-electron chi connectivity index (χ3n) is 7.31. The SMILES string of the molecule is Cn1ccc2cc(C(=O)NC3CC4(C3)CC(c3n[nH]c(=O)c5ccccc35)C4)ccc21. The number of H-pyrrole nitrogens is 1. The molecule has 1 spiro atoms. The number of benzene rings is 2. The van der Waals surface area contributed by atoms with Gasteiger partial charge in [-0.2, -0.15) is 5.10 Å². The van der Waals surface area contributed by atoms with Crippen molar-refractivity contribution in [1.29, 1.82) is 0 Å². The number of hydrogen-bond acceptors (Lipinski definition) is 3. The van der Waals surface area contributed by atoms with Crippen LogP contribution in [-0.4, -0.2) is 26.7 Å². The van der Waals surface area contributed by atoms with Crippen molar-refractivity contribution in [2.24, 2.45) is 12.5 Å². The summed E-state index contributed by atoms with van der Waals surface area (Å²) in [5.74, 6) is 0.383. The van der Waals surface area contributed by atoms with E-state index < -0.39 is 0 Å². The van der Waals surface area contributed by atoms with E-state index in [1.807, 2.05) is 61.8 Å². The summed E-state index contributed by atoms with van der Waals surface area (Å²) in [6.07, 6.45) is 6.18. The largest absolute Gasteiger partial charge is 0.351 e. The second-order valence-corrected chi connectivity index (χ2v) is 9.37. The summed E-state index contributed by atoms with van der Waals surface area (Å²) in [5, 5.41) is 13.0. The van der Waals surface area contributed by atoms with Gasteiger partial charge >= 0.3 is 0 Å². The second-order valence-electron chi connectivity index (χ2n) is 9.37. The van der Waals surface area contributed by atoms with Crippen LogP contribution in [0.3, 0.4) is 0 Å². The first kappa shape index (κ1) is 18.4. The molecular weight excluding hydrogens is 388 g/mol. The number of carbonyl (C=O) groups is 1. The topological polar surface area (TPSA) is 79.8 Å². The number of rotatable bonds is 3. The Morgan fingerprint density at radius 1 is 1.10 bits per heavy atom. The fourth-order valence-electron chi connectivity index (χ4n) is 5.74. The molecule has 2 N–H and O–H groups in total. The molecule has 2 aliphatic rings. The maximum atomic E-state index is 12.7. The van der Waals surface area contributed by atoms with Crippen LogP contribution in [-0.2, 0) is 7.05 Å². The van der Waals surface area contributed by atoms with Gasteiger partial charge in [-0.05, 0) is 61.4 Å². The van der Waals surface area contributed by atoms with E-state index in [0.29, 0.717) is 16.7 Å². The first-order chi connectivity index (χ1) is 15.0. The van der Waals surface area contributed by atoms with Crippen molar-refractivity contribution in [2.45, 2.75) is 37.6 Å². The smallest absolute Gasteiger partial charge is 0.272 e. The lowest BCUT2D eigenvalue weighted by molar-refractivity contribution is -0.0196. The predicted octanol–water partition coefficient (Wildman–Crippen LogP) is 3.87. The molecule has 0 unspecified atom stereocenters. The molecule has 2 aromatic carbocycles. The lowest BCUT2D eigenvalue weighted by atomic mass is 9.49. The molecule has 2 saturated carbocycles. The zero-order chi connectivity index (χ0) is 21.2. The highest BCUT2D eigenvalue weighted by Gasteiger charge is 2.54. The lowest BCUT2D eigenvalue weighted by Gasteiger charge is -2.57. The van der Waals surface area contributed by atoms with E-state index in [2.05, 4.69) is 20.1 Å². The van der Waals surface area contributed by atoms with Gasteiger partial charge in [-0.25, -0.2) is 5.10 Å². The molecule has 0 atom stereocenters. The summed E-state index contributed by atoms with van der Waals surface area (Å²) in [6.45, 7) is 0. The maximum absolute atomic E-state index is 12.7. The number of carbonyl (C=O) groups excluding carboxylic acids is 1. The summed E-state index contributed by atoms with van der Waals surface area (Å²) in [4.78, 5) is 24.7. The molecule has 0 aliphatic heterocycles. The van der Waals surface area contributed by atoms with Crippen LogP contribution in [0.4, 0.5) is 0 Å². The average molecular weight is 412 g/mol. The Balaban J connectivity index is 1.10. The van der Waals surface area contributed by atoms with Gasteiger partial charge in [0.1, 0.15) is 0 Å². The number of aromatic nitrogens is 3. The zero-order valence-corrected chi connectivity index (χ0v) is 17.4. The van der Waals surface area contributed by atoms with E-state index in [9.17, 15) is 9.59 Å². The summed E-state index contributed by atoms with van der Waals surface area (Å²) in [7, 11) is 2.01. The normalized spacial score (nSPS) is 24.8. The average Bonchev–Trinajstić information content (AvgIpc) is 3.10. The third kappa shape index (κ3) is 2.89. The van der Waals surface area contributed by atoms with Gasteiger partial charge in [0.15, 0.2) is 0 Å². The van der Waals surface area contributed by atoms with E-state index in [1.165, 1.54) is 0 Å². The van der Waals surface area contributed by atoms with Gasteiger partial charge in [0.2, 0.25) is 0 Å². The zero-order valence-electron chi connectivity index (χ0n) is 17.4. The molecule has 31 heavy (non-hydrogen) atoms. The molecule has 2 aliphatic carbocycles. The maximum Gasteiger partial charge on any atom is 0.272 e. The number of fused-ring (bicyclic) bond motifs is 2. The Labute approximate surface area is 179 Å². The minimum absolute atomic E-state index is 0.00905. The molecule has 0 saturated heterocycles. The van der Waals surface area contributed by atoms with E-state index in [-0.39, 0.29) is 17.5 Å². The van der Waals surface area contributed by atoms with Gasteiger partial charge in [0, 0.05) is 47.1 Å². The highest BCUT2D eigenvalue weighted by Crippen LogP contribution is 2.62. The Bertz CT molecular complexity index is 1390. The first-order valence-corrected chi connectivity index (χ1v) is 10.8. The van der Waals surface area contributed by atoms with Crippen LogP contribution in [0.15, 0.2) is 59.5 Å². The minimum atomic E-state index is -0.131. The number of aryl methyl sites for hydroxylation is 1. The van der Waals surface area contributed by atoms with Crippen LogP contribution >= 0.6 is 0 Å². The Morgan fingerprint density at radius 3 is 2.68 bits per heavy atom. The Kier molecular flexibility index (Phi) is 3.88. The van der Waals surface area contributed by atoms with Gasteiger partial charge in [0.25, 0.3) is 11.5 Å². The van der Waals surface area contributed by atoms with Gasteiger partial charge in [-0.1, -0.05) is 18.2 Å². The summed E-state index contributed by atoms with van der Waals surface area (Å²) >= 11 is 0. The molecule has 156 valence electrons. The molecule has 4 aromatic rings. The van der Waals surface area contributed by atoms with Crippen molar-refractivity contribution in [3.8, 4) is 0 Å². The van der Waals surface area contributed by atoms with Crippen molar-refractivity contribution >= 4 is 27.6 Å². The van der Waals surface area contributed by atoms with Crippen molar-refractivity contribution < 1.29 is 4.79 Å². The molecule has 6 heteroatoms. The molecule has 6 nitrogen and oxygen atoms in total. The molecule has 2 fully saturated rings. The van der Waals surface area contributed by atoms with Crippen molar-refractivity contribution in [3.05, 3.63) is 76.3 Å². The van der Waals surface area contributed by atoms with Crippen LogP contribution in [0.5, 0.6) is 0 Å². The third-order valence-corrected chi connectivity index (χ3v) is 7.31. The van der Waals surface area contributed by atoms with Crippen molar-refractivity contribution in [3.63, 3.8) is 0 Å². The van der Waals surface area contributed by atoms with Crippen LogP contribution in [0.1, 0.15) is 47.7 Å². The van der Waals surface area contributed by atoms with Gasteiger partial charge in [0.05, 0.1) is 11.1 Å². The van der Waals surface area contributed by atoms with E-state index in [0.717, 1.165) is 53.2 Å². The molecule has 6 rings (SSSR count). The number of aromatic amines is 1. The fourth-order valence-corrected chi connectivity index (χ4v) is 5.74. The van der Waals surface area contributed by atoms with Gasteiger partial charge in [-0.3, -0.25) is 9.59 Å². The first-order valence-electron chi connectivity index (χ1n) is 10.8. The standard InChI is InChI=1S/C25H24N4O2/c1-29-9-8-15-10-16(6-7-21(15)29)23(30)26-18-13-25(14-18)11-17(12-25)22-19-4-2-3-5-20(19)24(31)28-27-22/h2-10,17-18H,11-14H2,1H3,(H,26,30)(H,28,31). The van der Waals surface area contributed by atoms with Crippen LogP contribution in [0, 0.1) is 5.41 Å². The molecule has 2 aromatic heterocycles. The summed E-state index contributed by atoms with van der Waals surface area (Å²) in [5.41, 5.74) is 3.03. The van der Waals surface area contributed by atoms with Crippen LogP contribution in [0.2, 0.25) is 0 Å². The highest BCUT2D eigenvalue weighted by atomic mass is 16.1. The number of nitrogens with zero attached hydrogens (tertiary/aromatic N) is 2. The van der Waals surface area contributed by atoms with Crippen molar-refractivity contribution in [2.75, 3.05) is 0 Å². The molecule has 2 heterocycles. The van der Waals surface area contributed by atoms with Gasteiger partial charge < -0.3 is 9.88 Å². The molecule has 1 amide bonds. The molecular formula is C25H24N4O2. The molecule has 0 bridgehead atoms. The van der Waals surface area contributed by atoms with Crippen LogP contribution < -0.4 is 10.9 Å². The number of amides is 1. The number of nitrogens with one attached hydrogen (secondary N) is 2. The van der Waals surface area contributed by atoms with E-state index in [4.69, 9.17) is 0 Å². The highest BCUT2D eigenvalue weighted by molar-refractivity contribution is 5.98. The quantitative estimate of drug-likeness (QED) is 0.536. The van der Waals surface area contributed by atoms with Crippen LogP contribution in [0.25, 0.3) is 21.7 Å². The summed E-state index contributed by atoms with van der Waals surface area (Å²) in [6, 6.07) is 15.8. The molecule has 0 radical (unpaired) electrons. The van der Waals surface area contributed by atoms with Crippen molar-refractivity contribution in [1.82, 2.24) is 20.1 Å². The summed E-state index contributed by atoms with van der Waals surface area (Å²) < 4.78 is 2.06. The fraction of sp³-hybridized carbons (Fsp3) is 0.320. The minimum Gasteiger partial charge on any atom is -0.351 e. The number of hydrogen-bond donors (Lipinski definition) is 2. The Morgan fingerprint density at radius 2 is 1.87 bits per heavy atom. The van der Waals surface area contributed by atoms with E-state index >= 15 is 0 Å². The predicted molar refractivity (Wildman–Crippen MR) is 120 cm³/mol. The van der Waals surface area contributed by atoms with E-state index in [1.54, 1.807) is 0 Å². The lowest BCUT2D eigenvalue weighted by Crippen LogP contribution is -2.55. The van der Waals surface area contributed by atoms with Gasteiger partial charge in [-0.15, -0.1) is 0 Å².